The minimum Gasteiger partial charge on any atom is -0.336 e. The summed E-state index contributed by atoms with van der Waals surface area (Å²) in [4.78, 5) is 56.9. The van der Waals surface area contributed by atoms with Crippen molar-refractivity contribution in [3.05, 3.63) is 71.1 Å². The van der Waals surface area contributed by atoms with Crippen LogP contribution in [0.2, 0.25) is 0 Å². The van der Waals surface area contributed by atoms with Gasteiger partial charge in [0.05, 0.1) is 6.42 Å². The maximum atomic E-state index is 13.9. The van der Waals surface area contributed by atoms with E-state index in [-0.39, 0.29) is 25.3 Å². The van der Waals surface area contributed by atoms with Crippen LogP contribution in [0, 0.1) is 23.6 Å². The van der Waals surface area contributed by atoms with Crippen molar-refractivity contribution < 1.29 is 28.0 Å². The fourth-order valence-electron chi connectivity index (χ4n) is 4.98. The summed E-state index contributed by atoms with van der Waals surface area (Å²) in [5.41, 5.74) is -1.09. The van der Waals surface area contributed by atoms with Crippen LogP contribution in [0.1, 0.15) is 39.2 Å². The molecule has 0 radical (unpaired) electrons. The quantitative estimate of drug-likeness (QED) is 0.422. The van der Waals surface area contributed by atoms with Gasteiger partial charge in [0.25, 0.3) is 5.91 Å². The Morgan fingerprint density at radius 1 is 1.13 bits per heavy atom. The second-order valence-corrected chi connectivity index (χ2v) is 10.7. The van der Waals surface area contributed by atoms with E-state index in [9.17, 15) is 28.0 Å². The summed E-state index contributed by atoms with van der Waals surface area (Å²) in [6, 6.07) is 8.80. The molecule has 11 heteroatoms. The zero-order valence-corrected chi connectivity index (χ0v) is 21.1. The molecule has 4 rings (SSSR count). The molecule has 9 nitrogen and oxygen atoms in total. The Kier molecular flexibility index (Phi) is 6.93. The molecule has 2 aromatic rings. The Labute approximate surface area is 218 Å². The molecule has 2 aliphatic rings. The van der Waals surface area contributed by atoms with Gasteiger partial charge in [-0.15, -0.1) is 0 Å². The van der Waals surface area contributed by atoms with E-state index in [2.05, 4.69) is 15.5 Å². The fourth-order valence-corrected chi connectivity index (χ4v) is 4.98. The highest BCUT2D eigenvalue weighted by atomic mass is 19.1. The van der Waals surface area contributed by atoms with Crippen LogP contribution in [0.5, 0.6) is 0 Å². The lowest BCUT2D eigenvalue weighted by Gasteiger charge is -2.29. The van der Waals surface area contributed by atoms with E-state index in [1.807, 2.05) is 26.1 Å². The minimum atomic E-state index is -1.36. The number of para-hydroxylation sites is 2. The van der Waals surface area contributed by atoms with Crippen LogP contribution >= 0.6 is 0 Å². The van der Waals surface area contributed by atoms with Crippen molar-refractivity contribution in [2.75, 3.05) is 17.2 Å². The van der Waals surface area contributed by atoms with E-state index < -0.39 is 58.1 Å². The van der Waals surface area contributed by atoms with E-state index in [0.29, 0.717) is 11.3 Å². The van der Waals surface area contributed by atoms with Gasteiger partial charge in [0.15, 0.2) is 0 Å². The van der Waals surface area contributed by atoms with E-state index in [4.69, 9.17) is 6.57 Å². The van der Waals surface area contributed by atoms with Crippen LogP contribution in [0.4, 0.5) is 20.2 Å². The standard InChI is InChI=1S/C27H27F2N5O4/c1-26(2,3)12-19(31-22(35)23(36)33-21-16(28)9-7-10-17(21)29)24(37)34-14-27(13-20(34)30-4)15-8-5-6-11-18(15)32-25(27)38/h5-11,19-20H,12-14H2,1-3H3,(H,31,35)(H,32,38)(H,33,36)/t19-,20-,27-/m0/s1. The number of rotatable bonds is 4. The Morgan fingerprint density at radius 2 is 1.79 bits per heavy atom. The Balaban J connectivity index is 1.58. The van der Waals surface area contributed by atoms with Crippen molar-refractivity contribution in [2.24, 2.45) is 5.41 Å². The van der Waals surface area contributed by atoms with Gasteiger partial charge in [-0.1, -0.05) is 45.0 Å². The second kappa shape index (κ2) is 9.85. The molecule has 0 unspecified atom stereocenters. The molecular formula is C27H27F2N5O4. The predicted molar refractivity (Wildman–Crippen MR) is 134 cm³/mol. The van der Waals surface area contributed by atoms with Crippen LogP contribution in [-0.2, 0) is 24.6 Å². The number of nitrogens with one attached hydrogen (secondary N) is 3. The lowest BCUT2D eigenvalue weighted by molar-refractivity contribution is -0.141. The average Bonchev–Trinajstić information content (AvgIpc) is 3.38. The summed E-state index contributed by atoms with van der Waals surface area (Å²) in [5.74, 6) is -5.70. The van der Waals surface area contributed by atoms with Crippen molar-refractivity contribution >= 4 is 35.0 Å². The number of halogens is 2. The summed E-state index contributed by atoms with van der Waals surface area (Å²) >= 11 is 0. The number of anilines is 2. The number of carbonyl (C=O) groups excluding carboxylic acids is 4. The smallest absolute Gasteiger partial charge is 0.313 e. The lowest BCUT2D eigenvalue weighted by atomic mass is 9.80. The molecule has 4 amide bonds. The Hall–Kier alpha value is -4.33. The van der Waals surface area contributed by atoms with Crippen LogP contribution in [0.15, 0.2) is 42.5 Å². The molecule has 2 aromatic carbocycles. The molecule has 1 saturated heterocycles. The van der Waals surface area contributed by atoms with Crippen LogP contribution in [0.3, 0.4) is 0 Å². The van der Waals surface area contributed by atoms with Crippen molar-refractivity contribution in [1.29, 1.82) is 0 Å². The van der Waals surface area contributed by atoms with Crippen molar-refractivity contribution in [3.8, 4) is 0 Å². The van der Waals surface area contributed by atoms with E-state index in [1.54, 1.807) is 24.3 Å². The van der Waals surface area contributed by atoms with Gasteiger partial charge in [0.1, 0.15) is 28.8 Å². The monoisotopic (exact) mass is 523 g/mol. The number of likely N-dealkylation sites (tertiary alicyclic amines) is 1. The number of hydrogen-bond donors (Lipinski definition) is 3. The van der Waals surface area contributed by atoms with Gasteiger partial charge in [0, 0.05) is 12.2 Å². The fraction of sp³-hybridized carbons (Fsp3) is 0.370. The number of fused-ring (bicyclic) bond motifs is 2. The molecule has 0 saturated carbocycles. The summed E-state index contributed by atoms with van der Waals surface area (Å²) < 4.78 is 27.9. The molecule has 38 heavy (non-hydrogen) atoms. The van der Waals surface area contributed by atoms with E-state index >= 15 is 0 Å². The molecule has 1 fully saturated rings. The van der Waals surface area contributed by atoms with E-state index in [1.165, 1.54) is 4.90 Å². The third kappa shape index (κ3) is 4.94. The zero-order valence-electron chi connectivity index (χ0n) is 21.1. The molecule has 3 atom stereocenters. The van der Waals surface area contributed by atoms with Crippen LogP contribution < -0.4 is 16.0 Å². The first-order valence-electron chi connectivity index (χ1n) is 12.0. The summed E-state index contributed by atoms with van der Waals surface area (Å²) in [7, 11) is 0. The molecular weight excluding hydrogens is 496 g/mol. The van der Waals surface area contributed by atoms with Gasteiger partial charge in [-0.3, -0.25) is 28.9 Å². The molecule has 3 N–H and O–H groups in total. The highest BCUT2D eigenvalue weighted by Crippen LogP contribution is 2.46. The van der Waals surface area contributed by atoms with Crippen molar-refractivity contribution in [1.82, 2.24) is 10.2 Å². The molecule has 2 aliphatic heterocycles. The zero-order chi connectivity index (χ0) is 27.8. The van der Waals surface area contributed by atoms with Gasteiger partial charge < -0.3 is 16.0 Å². The Bertz CT molecular complexity index is 1350. The number of amides is 4. The van der Waals surface area contributed by atoms with Crippen LogP contribution in [0.25, 0.3) is 4.85 Å². The van der Waals surface area contributed by atoms with Gasteiger partial charge >= 0.3 is 18.0 Å². The lowest BCUT2D eigenvalue weighted by Crippen LogP contribution is -2.53. The third-order valence-corrected chi connectivity index (χ3v) is 6.72. The molecule has 2 heterocycles. The maximum absolute atomic E-state index is 13.9. The topological polar surface area (TPSA) is 112 Å². The molecule has 0 aliphatic carbocycles. The largest absolute Gasteiger partial charge is 0.336 e. The third-order valence-electron chi connectivity index (χ3n) is 6.72. The molecule has 1 spiro atoms. The van der Waals surface area contributed by atoms with Gasteiger partial charge in [0.2, 0.25) is 5.91 Å². The highest BCUT2D eigenvalue weighted by molar-refractivity contribution is 6.40. The normalized spacial score (nSPS) is 20.9. The first kappa shape index (κ1) is 26.7. The van der Waals surface area contributed by atoms with Gasteiger partial charge in [-0.2, -0.15) is 0 Å². The molecule has 198 valence electrons. The molecule has 0 bridgehead atoms. The average molecular weight is 524 g/mol. The number of nitrogens with zero attached hydrogens (tertiary/aromatic N) is 2. The van der Waals surface area contributed by atoms with Gasteiger partial charge in [-0.25, -0.2) is 15.4 Å². The summed E-state index contributed by atoms with van der Waals surface area (Å²) in [6.45, 7) is 13.1. The van der Waals surface area contributed by atoms with E-state index in [0.717, 1.165) is 18.2 Å². The maximum Gasteiger partial charge on any atom is 0.313 e. The number of benzene rings is 2. The molecule has 0 aromatic heterocycles. The number of carbonyl (C=O) groups is 4. The first-order chi connectivity index (χ1) is 17.9. The minimum absolute atomic E-state index is 0.0777. The highest BCUT2D eigenvalue weighted by Gasteiger charge is 2.59. The van der Waals surface area contributed by atoms with Crippen LogP contribution in [-0.4, -0.2) is 47.3 Å². The Morgan fingerprint density at radius 3 is 2.42 bits per heavy atom. The first-order valence-corrected chi connectivity index (χ1v) is 12.0. The predicted octanol–water partition coefficient (Wildman–Crippen LogP) is 3.19. The second-order valence-electron chi connectivity index (χ2n) is 10.7. The van der Waals surface area contributed by atoms with Crippen molar-refractivity contribution in [3.63, 3.8) is 0 Å². The van der Waals surface area contributed by atoms with Crippen molar-refractivity contribution in [2.45, 2.75) is 51.2 Å². The SMILES string of the molecule is [C-]#[N+][C@@H]1C[C@@]2(CN1C(=O)[C@H](CC(C)(C)C)NC(=O)C(=O)Nc1c(F)cccc1F)C(=O)Nc1ccccc12. The summed E-state index contributed by atoms with van der Waals surface area (Å²) in [5, 5.41) is 7.09. The summed E-state index contributed by atoms with van der Waals surface area (Å²) in [6.07, 6.45) is -0.801. The van der Waals surface area contributed by atoms with Gasteiger partial charge in [-0.05, 0) is 35.6 Å². The number of hydrogen-bond acceptors (Lipinski definition) is 4.